The van der Waals surface area contributed by atoms with Crippen LogP contribution in [0.4, 0.5) is 13.2 Å². The number of alkyl halides is 3. The van der Waals surface area contributed by atoms with Gasteiger partial charge in [0.25, 0.3) is 0 Å². The molecule has 0 N–H and O–H groups in total. The van der Waals surface area contributed by atoms with Crippen LogP contribution < -0.4 is 0 Å². The third-order valence-corrected chi connectivity index (χ3v) is 0.888. The topological polar surface area (TPSA) is 9.23 Å². The van der Waals surface area contributed by atoms with Crippen LogP contribution in [0.25, 0.3) is 0 Å². The fourth-order valence-corrected chi connectivity index (χ4v) is 0.468. The van der Waals surface area contributed by atoms with Crippen molar-refractivity contribution >= 4 is 0 Å². The minimum Gasteiger partial charge on any atom is -0.406 e. The first-order chi connectivity index (χ1) is 5.49. The van der Waals surface area contributed by atoms with Gasteiger partial charge in [0, 0.05) is 0 Å². The summed E-state index contributed by atoms with van der Waals surface area (Å²) in [6, 6.07) is 0. The Kier molecular flexibility index (Phi) is 4.18. The van der Waals surface area contributed by atoms with Crippen molar-refractivity contribution in [3.63, 3.8) is 0 Å². The lowest BCUT2D eigenvalue weighted by molar-refractivity contribution is -0.303. The van der Waals surface area contributed by atoms with Gasteiger partial charge in [-0.25, -0.2) is 0 Å². The molecule has 0 aromatic rings. The zero-order valence-corrected chi connectivity index (χ0v) is 6.56. The average Bonchev–Trinajstić information content (AvgIpc) is 1.95. The zero-order valence-electron chi connectivity index (χ0n) is 6.56. The molecule has 4 heteroatoms. The third-order valence-electron chi connectivity index (χ3n) is 0.888. The highest BCUT2D eigenvalue weighted by Crippen LogP contribution is 2.20. The van der Waals surface area contributed by atoms with E-state index in [1.54, 1.807) is 13.0 Å². The Morgan fingerprint density at radius 3 is 2.33 bits per heavy atom. The van der Waals surface area contributed by atoms with Crippen LogP contribution >= 0.6 is 0 Å². The van der Waals surface area contributed by atoms with Crippen molar-refractivity contribution in [1.82, 2.24) is 0 Å². The molecule has 0 unspecified atom stereocenters. The molecular formula is C8H9F3O. The molecule has 0 bridgehead atoms. The van der Waals surface area contributed by atoms with E-state index >= 15 is 0 Å². The first-order valence-electron chi connectivity index (χ1n) is 3.20. The van der Waals surface area contributed by atoms with Crippen LogP contribution in [0.15, 0.2) is 36.6 Å². The molecule has 0 saturated carbocycles. The molecule has 0 aliphatic rings. The van der Waals surface area contributed by atoms with Gasteiger partial charge in [-0.05, 0) is 19.1 Å². The molecule has 0 radical (unpaired) electrons. The first kappa shape index (κ1) is 10.8. The Bertz CT molecular complexity index is 201. The average molecular weight is 178 g/mol. The molecule has 0 aromatic carbocycles. The summed E-state index contributed by atoms with van der Waals surface area (Å²) in [5.41, 5.74) is 0. The van der Waals surface area contributed by atoms with Gasteiger partial charge in [-0.3, -0.25) is 0 Å². The van der Waals surface area contributed by atoms with E-state index in [1.165, 1.54) is 12.2 Å². The first-order valence-corrected chi connectivity index (χ1v) is 3.20. The quantitative estimate of drug-likeness (QED) is 0.476. The molecule has 68 valence electrons. The standard InChI is InChI=1S/C8H9F3O/c1-3-5-6-7(4-2)12-8(9,10)11/h3-6H,2H2,1H3/b5-3+,7-6+. The van der Waals surface area contributed by atoms with Gasteiger partial charge < -0.3 is 4.74 Å². The zero-order chi connectivity index (χ0) is 9.61. The van der Waals surface area contributed by atoms with E-state index in [-0.39, 0.29) is 5.76 Å². The smallest absolute Gasteiger partial charge is 0.406 e. The maximum Gasteiger partial charge on any atom is 0.573 e. The molecule has 0 fully saturated rings. The Morgan fingerprint density at radius 1 is 1.42 bits per heavy atom. The summed E-state index contributed by atoms with van der Waals surface area (Å²) in [7, 11) is 0. The van der Waals surface area contributed by atoms with Crippen molar-refractivity contribution in [2.24, 2.45) is 0 Å². The molecule has 0 saturated heterocycles. The minimum absolute atomic E-state index is 0.319. The van der Waals surface area contributed by atoms with Crippen LogP contribution in [0.2, 0.25) is 0 Å². The van der Waals surface area contributed by atoms with E-state index in [1.807, 2.05) is 0 Å². The second-order valence-electron chi connectivity index (χ2n) is 1.85. The van der Waals surface area contributed by atoms with Crippen LogP contribution in [-0.4, -0.2) is 6.36 Å². The van der Waals surface area contributed by atoms with Gasteiger partial charge >= 0.3 is 6.36 Å². The molecule has 0 rings (SSSR count). The number of allylic oxidation sites excluding steroid dienone is 4. The molecule has 0 heterocycles. The van der Waals surface area contributed by atoms with E-state index in [2.05, 4.69) is 11.3 Å². The Morgan fingerprint density at radius 2 is 2.00 bits per heavy atom. The van der Waals surface area contributed by atoms with E-state index in [4.69, 9.17) is 0 Å². The van der Waals surface area contributed by atoms with Crippen molar-refractivity contribution in [2.45, 2.75) is 13.3 Å². The maximum atomic E-state index is 11.6. The molecule has 0 aliphatic carbocycles. The molecule has 1 nitrogen and oxygen atoms in total. The summed E-state index contributed by atoms with van der Waals surface area (Å²) < 4.78 is 38.3. The second-order valence-corrected chi connectivity index (χ2v) is 1.85. The second kappa shape index (κ2) is 4.64. The monoisotopic (exact) mass is 178 g/mol. The van der Waals surface area contributed by atoms with Gasteiger partial charge in [-0.15, -0.1) is 13.2 Å². The van der Waals surface area contributed by atoms with Crippen LogP contribution in [0, 0.1) is 0 Å². The number of hydrogen-bond acceptors (Lipinski definition) is 1. The van der Waals surface area contributed by atoms with E-state index in [9.17, 15) is 13.2 Å². The van der Waals surface area contributed by atoms with Crippen molar-refractivity contribution in [3.8, 4) is 0 Å². The van der Waals surface area contributed by atoms with Gasteiger partial charge in [-0.1, -0.05) is 18.7 Å². The highest BCUT2D eigenvalue weighted by molar-refractivity contribution is 5.16. The number of halogens is 3. The summed E-state index contributed by atoms with van der Waals surface area (Å²) in [4.78, 5) is 0. The fourth-order valence-electron chi connectivity index (χ4n) is 0.468. The molecule has 12 heavy (non-hydrogen) atoms. The summed E-state index contributed by atoms with van der Waals surface area (Å²) >= 11 is 0. The lowest BCUT2D eigenvalue weighted by Gasteiger charge is -2.07. The molecular weight excluding hydrogens is 169 g/mol. The summed E-state index contributed by atoms with van der Waals surface area (Å²) in [5, 5.41) is 0. The SMILES string of the molecule is C=C/C(=C\C=C\C)OC(F)(F)F. The fraction of sp³-hybridized carbons (Fsp3) is 0.250. The largest absolute Gasteiger partial charge is 0.573 e. The predicted octanol–water partition coefficient (Wildman–Crippen LogP) is 3.17. The van der Waals surface area contributed by atoms with Crippen LogP contribution in [0.5, 0.6) is 0 Å². The van der Waals surface area contributed by atoms with Crippen molar-refractivity contribution in [3.05, 3.63) is 36.6 Å². The van der Waals surface area contributed by atoms with Crippen LogP contribution in [0.1, 0.15) is 6.92 Å². The molecule has 0 amide bonds. The lowest BCUT2D eigenvalue weighted by Crippen LogP contribution is -2.11. The van der Waals surface area contributed by atoms with Crippen LogP contribution in [-0.2, 0) is 4.74 Å². The Labute approximate surface area is 68.8 Å². The van der Waals surface area contributed by atoms with Gasteiger partial charge in [0.05, 0.1) is 0 Å². The maximum absolute atomic E-state index is 11.6. The van der Waals surface area contributed by atoms with Crippen molar-refractivity contribution in [2.75, 3.05) is 0 Å². The lowest BCUT2D eigenvalue weighted by atomic mass is 10.4. The van der Waals surface area contributed by atoms with E-state index in [0.717, 1.165) is 6.08 Å². The van der Waals surface area contributed by atoms with Gasteiger partial charge in [0.1, 0.15) is 5.76 Å². The number of rotatable bonds is 3. The minimum atomic E-state index is -4.65. The van der Waals surface area contributed by atoms with E-state index in [0.29, 0.717) is 0 Å². The number of ether oxygens (including phenoxy) is 1. The van der Waals surface area contributed by atoms with E-state index < -0.39 is 6.36 Å². The molecule has 0 atom stereocenters. The molecule has 0 aromatic heterocycles. The summed E-state index contributed by atoms with van der Waals surface area (Å²) in [6.07, 6.45) is 0.543. The summed E-state index contributed by atoms with van der Waals surface area (Å²) in [6.45, 7) is 4.86. The third kappa shape index (κ3) is 5.58. The molecule has 0 aliphatic heterocycles. The number of hydrogen-bond donors (Lipinski definition) is 0. The van der Waals surface area contributed by atoms with Gasteiger partial charge in [-0.2, -0.15) is 0 Å². The Hall–Kier alpha value is -1.19. The summed E-state index contributed by atoms with van der Waals surface area (Å²) in [5.74, 6) is -0.319. The van der Waals surface area contributed by atoms with Crippen LogP contribution in [0.3, 0.4) is 0 Å². The molecule has 0 spiro atoms. The highest BCUT2D eigenvalue weighted by atomic mass is 19.4. The predicted molar refractivity (Wildman–Crippen MR) is 40.2 cm³/mol. The van der Waals surface area contributed by atoms with Gasteiger partial charge in [0.2, 0.25) is 0 Å². The van der Waals surface area contributed by atoms with Crippen molar-refractivity contribution in [1.29, 1.82) is 0 Å². The Balaban J connectivity index is 4.28. The van der Waals surface area contributed by atoms with Gasteiger partial charge in [0.15, 0.2) is 0 Å². The highest BCUT2D eigenvalue weighted by Gasteiger charge is 2.31. The van der Waals surface area contributed by atoms with Crippen molar-refractivity contribution < 1.29 is 17.9 Å². The normalized spacial score (nSPS) is 13.5.